The quantitative estimate of drug-likeness (QED) is 0.292. The van der Waals surface area contributed by atoms with E-state index in [1.807, 2.05) is 60.7 Å². The van der Waals surface area contributed by atoms with Crippen molar-refractivity contribution in [1.82, 2.24) is 0 Å². The summed E-state index contributed by atoms with van der Waals surface area (Å²) < 4.78 is 50.5. The Labute approximate surface area is 193 Å². The summed E-state index contributed by atoms with van der Waals surface area (Å²) in [5, 5.41) is 2.75. The molecular weight excluding hydrogens is 457 g/mol. The van der Waals surface area contributed by atoms with Crippen molar-refractivity contribution < 1.29 is 31.4 Å². The third-order valence-electron chi connectivity index (χ3n) is 4.74. The second-order valence-corrected chi connectivity index (χ2v) is 7.50. The molecule has 0 saturated carbocycles. The molecule has 1 heterocycles. The Bertz CT molecular complexity index is 1280. The van der Waals surface area contributed by atoms with E-state index in [-0.39, 0.29) is 0 Å². The van der Waals surface area contributed by atoms with Gasteiger partial charge in [0.2, 0.25) is 11.0 Å². The monoisotopic (exact) mass is 477 g/mol. The van der Waals surface area contributed by atoms with Gasteiger partial charge in [0.15, 0.2) is 0 Å². The number of ether oxygens (including phenoxy) is 1. The number of methoxy groups -OCH3 is 1. The standard InChI is InChI=1S/C24H20ClNO2.BF4/c1-3-16-4-13-23-21(14-16)22(26-19-9-7-18(25)8-10-19)15-24(28-23)17-5-11-20(27-2)12-6-17;2-1(3,4)5/h4-15H,3H2,1-2H3;/q;-1/p+1. The molecular formula is C24H21BClF4NO2. The maximum Gasteiger partial charge on any atom is 0.673 e. The maximum atomic E-state index is 9.75. The average Bonchev–Trinajstić information content (AvgIpc) is 2.79. The van der Waals surface area contributed by atoms with E-state index >= 15 is 0 Å². The van der Waals surface area contributed by atoms with Gasteiger partial charge in [-0.05, 0) is 60.5 Å². The summed E-state index contributed by atoms with van der Waals surface area (Å²) >= 11 is 6.03. The van der Waals surface area contributed by atoms with Crippen LogP contribution in [0, 0.1) is 0 Å². The highest BCUT2D eigenvalue weighted by atomic mass is 35.5. The van der Waals surface area contributed by atoms with E-state index in [1.54, 1.807) is 7.11 Å². The average molecular weight is 478 g/mol. The molecule has 0 radical (unpaired) electrons. The van der Waals surface area contributed by atoms with Crippen molar-refractivity contribution in [3.05, 3.63) is 88.7 Å². The molecule has 4 aromatic rings. The van der Waals surface area contributed by atoms with Crippen molar-refractivity contribution >= 4 is 35.5 Å². The predicted octanol–water partition coefficient (Wildman–Crippen LogP) is 5.94. The first kappa shape index (κ1) is 24.4. The number of fused-ring (bicyclic) bond motifs is 1. The van der Waals surface area contributed by atoms with E-state index in [2.05, 4.69) is 24.0 Å². The summed E-state index contributed by atoms with van der Waals surface area (Å²) in [6.45, 7) is 2.15. The van der Waals surface area contributed by atoms with Crippen LogP contribution in [-0.4, -0.2) is 14.4 Å². The maximum absolute atomic E-state index is 9.75. The molecule has 3 nitrogen and oxygen atoms in total. The Morgan fingerprint density at radius 1 is 0.909 bits per heavy atom. The molecule has 1 aromatic heterocycles. The molecule has 0 saturated heterocycles. The van der Waals surface area contributed by atoms with Gasteiger partial charge in [-0.25, -0.2) is 4.99 Å². The fourth-order valence-corrected chi connectivity index (χ4v) is 3.27. The minimum atomic E-state index is -6.00. The van der Waals surface area contributed by atoms with E-state index in [0.717, 1.165) is 45.5 Å². The molecule has 0 bridgehead atoms. The van der Waals surface area contributed by atoms with E-state index in [9.17, 15) is 17.3 Å². The van der Waals surface area contributed by atoms with Gasteiger partial charge in [0.05, 0.1) is 18.6 Å². The molecule has 0 aliphatic rings. The van der Waals surface area contributed by atoms with Crippen molar-refractivity contribution in [2.24, 2.45) is 0 Å². The van der Waals surface area contributed by atoms with Gasteiger partial charge in [0, 0.05) is 22.7 Å². The van der Waals surface area contributed by atoms with Gasteiger partial charge in [-0.3, -0.25) is 0 Å². The van der Waals surface area contributed by atoms with Crippen molar-refractivity contribution in [2.75, 3.05) is 7.11 Å². The molecule has 0 aliphatic carbocycles. The van der Waals surface area contributed by atoms with Crippen molar-refractivity contribution in [2.45, 2.75) is 13.3 Å². The molecule has 0 aliphatic heterocycles. The molecule has 0 atom stereocenters. The highest BCUT2D eigenvalue weighted by Crippen LogP contribution is 2.24. The molecule has 9 heteroatoms. The zero-order valence-corrected chi connectivity index (χ0v) is 18.7. The molecule has 3 aromatic carbocycles. The van der Waals surface area contributed by atoms with Crippen LogP contribution in [0.2, 0.25) is 5.02 Å². The zero-order chi connectivity index (χ0) is 24.0. The normalized spacial score (nSPS) is 11.8. The topological polar surface area (TPSA) is 36.3 Å². The lowest BCUT2D eigenvalue weighted by atomic mass is 10.1. The first-order valence-electron chi connectivity index (χ1n) is 10.1. The Kier molecular flexibility index (Phi) is 7.81. The van der Waals surface area contributed by atoms with Gasteiger partial charge >= 0.3 is 7.25 Å². The fraction of sp³-hybridized carbons (Fsp3) is 0.125. The fourth-order valence-electron chi connectivity index (χ4n) is 3.14. The first-order chi connectivity index (χ1) is 15.7. The van der Waals surface area contributed by atoms with Crippen LogP contribution in [-0.2, 0) is 6.42 Å². The van der Waals surface area contributed by atoms with Crippen LogP contribution in [0.4, 0.5) is 23.0 Å². The number of aryl methyl sites for hydroxylation is 1. The smallest absolute Gasteiger partial charge is 0.497 e. The van der Waals surface area contributed by atoms with Gasteiger partial charge in [-0.1, -0.05) is 24.6 Å². The Morgan fingerprint density at radius 3 is 2.12 bits per heavy atom. The van der Waals surface area contributed by atoms with Crippen molar-refractivity contribution in [1.29, 1.82) is 0 Å². The van der Waals surface area contributed by atoms with Gasteiger partial charge < -0.3 is 26.4 Å². The third-order valence-corrected chi connectivity index (χ3v) is 4.99. The molecule has 1 N–H and O–H groups in total. The molecule has 33 heavy (non-hydrogen) atoms. The summed E-state index contributed by atoms with van der Waals surface area (Å²) in [6.07, 6.45) is 0.969. The van der Waals surface area contributed by atoms with Crippen molar-refractivity contribution in [3.63, 3.8) is 0 Å². The highest BCUT2D eigenvalue weighted by molar-refractivity contribution is 6.50. The largest absolute Gasteiger partial charge is 0.673 e. The van der Waals surface area contributed by atoms with Gasteiger partial charge in [0.1, 0.15) is 17.1 Å². The van der Waals surface area contributed by atoms with E-state index in [1.165, 1.54) is 5.56 Å². The lowest BCUT2D eigenvalue weighted by Gasteiger charge is -2.06. The minimum Gasteiger partial charge on any atom is -0.497 e. The molecule has 0 unspecified atom stereocenters. The lowest BCUT2D eigenvalue weighted by molar-refractivity contribution is -0.400. The van der Waals surface area contributed by atoms with Crippen LogP contribution in [0.1, 0.15) is 12.5 Å². The number of hydrogen-bond donors (Lipinski definition) is 1. The summed E-state index contributed by atoms with van der Waals surface area (Å²) in [4.78, 5) is 3.51. The third kappa shape index (κ3) is 7.12. The van der Waals surface area contributed by atoms with Gasteiger partial charge in [-0.15, -0.1) is 0 Å². The number of rotatable bonds is 4. The van der Waals surface area contributed by atoms with Crippen LogP contribution >= 0.6 is 11.6 Å². The predicted molar refractivity (Wildman–Crippen MR) is 123 cm³/mol. The van der Waals surface area contributed by atoms with Gasteiger partial charge in [0.25, 0.3) is 0 Å². The molecule has 0 fully saturated rings. The summed E-state index contributed by atoms with van der Waals surface area (Å²) in [5.41, 5.74) is 4.06. The second kappa shape index (κ2) is 10.6. The number of halogens is 5. The summed E-state index contributed by atoms with van der Waals surface area (Å²) in [7, 11) is -4.34. The second-order valence-electron chi connectivity index (χ2n) is 7.06. The summed E-state index contributed by atoms with van der Waals surface area (Å²) in [6, 6.07) is 23.9. The van der Waals surface area contributed by atoms with Crippen LogP contribution < -0.4 is 15.1 Å². The van der Waals surface area contributed by atoms with Crippen LogP contribution in [0.15, 0.2) is 77.2 Å². The molecule has 0 spiro atoms. The van der Waals surface area contributed by atoms with E-state index in [0.29, 0.717) is 5.02 Å². The lowest BCUT2D eigenvalue weighted by Crippen LogP contribution is -2.70. The van der Waals surface area contributed by atoms with E-state index in [4.69, 9.17) is 20.8 Å². The number of hydrogen-bond acceptors (Lipinski definition) is 2. The zero-order valence-electron chi connectivity index (χ0n) is 17.9. The number of nitrogens with one attached hydrogen (secondary N) is 1. The van der Waals surface area contributed by atoms with E-state index < -0.39 is 7.25 Å². The Morgan fingerprint density at radius 2 is 1.55 bits per heavy atom. The first-order valence-corrected chi connectivity index (χ1v) is 10.5. The van der Waals surface area contributed by atoms with Crippen molar-refractivity contribution in [3.8, 4) is 17.1 Å². The van der Waals surface area contributed by atoms with Crippen LogP contribution in [0.3, 0.4) is 0 Å². The van der Waals surface area contributed by atoms with Gasteiger partial charge in [-0.2, -0.15) is 0 Å². The van der Waals surface area contributed by atoms with Crippen LogP contribution in [0.25, 0.3) is 22.3 Å². The Balaban J connectivity index is 0.000000555. The SMILES string of the molecule is CCc1ccc2oc(-c3ccc(OC)cc3)cc(=[NH+]c3ccc(Cl)cc3)c2c1.F[B-](F)(F)F. The molecule has 0 amide bonds. The van der Waals surface area contributed by atoms with Crippen LogP contribution in [0.5, 0.6) is 5.75 Å². The molecule has 172 valence electrons. The Hall–Kier alpha value is -3.26. The molecule has 4 rings (SSSR count). The minimum absolute atomic E-state index is 0.714. The highest BCUT2D eigenvalue weighted by Gasteiger charge is 2.20. The summed E-state index contributed by atoms with van der Waals surface area (Å²) in [5.74, 6) is 1.60. The number of benzene rings is 3.